The standard InChI is InChI=1S/C16H17N.ClH/c1-12-16-8-7-14(11-15(16)9-10-17-12)13-5-3-2-4-6-13;/h2-8,11-12,17H,9-10H2,1H3;1H. The van der Waals surface area contributed by atoms with Crippen molar-refractivity contribution in [3.05, 3.63) is 59.7 Å². The Morgan fingerprint density at radius 3 is 2.56 bits per heavy atom. The molecule has 2 aromatic carbocycles. The van der Waals surface area contributed by atoms with Crippen LogP contribution in [0.1, 0.15) is 24.1 Å². The number of halogens is 1. The Morgan fingerprint density at radius 1 is 1.00 bits per heavy atom. The molecule has 0 amide bonds. The van der Waals surface area contributed by atoms with E-state index in [1.807, 2.05) is 0 Å². The molecule has 1 unspecified atom stereocenters. The van der Waals surface area contributed by atoms with Crippen molar-refractivity contribution in [2.24, 2.45) is 0 Å². The van der Waals surface area contributed by atoms with E-state index in [4.69, 9.17) is 0 Å². The summed E-state index contributed by atoms with van der Waals surface area (Å²) in [5.74, 6) is 0. The number of nitrogens with two attached hydrogens (primary N) is 1. The van der Waals surface area contributed by atoms with Crippen LogP contribution in [-0.4, -0.2) is 6.54 Å². The lowest BCUT2D eigenvalue weighted by atomic mass is 9.92. The van der Waals surface area contributed by atoms with Gasteiger partial charge in [-0.05, 0) is 23.6 Å². The highest BCUT2D eigenvalue weighted by atomic mass is 35.5. The summed E-state index contributed by atoms with van der Waals surface area (Å²) < 4.78 is 0. The molecular weight excluding hydrogens is 242 g/mol. The highest BCUT2D eigenvalue weighted by Crippen LogP contribution is 2.26. The van der Waals surface area contributed by atoms with E-state index in [0.717, 1.165) is 0 Å². The Morgan fingerprint density at radius 2 is 1.78 bits per heavy atom. The van der Waals surface area contributed by atoms with E-state index in [-0.39, 0.29) is 12.4 Å². The number of fused-ring (bicyclic) bond motifs is 1. The first-order chi connectivity index (χ1) is 8.34. The van der Waals surface area contributed by atoms with Crippen LogP contribution in [0.25, 0.3) is 11.1 Å². The predicted octanol–water partition coefficient (Wildman–Crippen LogP) is -0.462. The van der Waals surface area contributed by atoms with Gasteiger partial charge in [-0.2, -0.15) is 0 Å². The zero-order valence-electron chi connectivity index (χ0n) is 10.6. The first-order valence-corrected chi connectivity index (χ1v) is 6.36. The van der Waals surface area contributed by atoms with Crippen LogP contribution in [0.5, 0.6) is 0 Å². The maximum absolute atomic E-state index is 2.42. The van der Waals surface area contributed by atoms with Gasteiger partial charge in [0.15, 0.2) is 0 Å². The van der Waals surface area contributed by atoms with E-state index in [2.05, 4.69) is 60.8 Å². The summed E-state index contributed by atoms with van der Waals surface area (Å²) in [5, 5.41) is 2.42. The first kappa shape index (κ1) is 13.1. The van der Waals surface area contributed by atoms with E-state index >= 15 is 0 Å². The van der Waals surface area contributed by atoms with Gasteiger partial charge in [-0.25, -0.2) is 0 Å². The number of hydrogen-bond donors (Lipinski definition) is 1. The van der Waals surface area contributed by atoms with E-state index in [9.17, 15) is 0 Å². The van der Waals surface area contributed by atoms with Crippen LogP contribution in [0.4, 0.5) is 0 Å². The lowest BCUT2D eigenvalue weighted by molar-refractivity contribution is -0.695. The highest BCUT2D eigenvalue weighted by molar-refractivity contribution is 5.65. The number of hydrogen-bond acceptors (Lipinski definition) is 0. The van der Waals surface area contributed by atoms with E-state index < -0.39 is 0 Å². The van der Waals surface area contributed by atoms with Crippen molar-refractivity contribution in [2.75, 3.05) is 6.54 Å². The Bertz CT molecular complexity index is 522. The van der Waals surface area contributed by atoms with Crippen LogP contribution >= 0.6 is 0 Å². The molecular formula is C16H18ClN. The van der Waals surface area contributed by atoms with Crippen molar-refractivity contribution >= 4 is 0 Å². The van der Waals surface area contributed by atoms with Crippen LogP contribution in [0.2, 0.25) is 0 Å². The third-order valence-electron chi connectivity index (χ3n) is 3.67. The maximum atomic E-state index is 2.42. The lowest BCUT2D eigenvalue weighted by Gasteiger charge is -2.21. The molecule has 0 bridgehead atoms. The van der Waals surface area contributed by atoms with Crippen LogP contribution in [0, 0.1) is 0 Å². The molecule has 2 N–H and O–H groups in total. The van der Waals surface area contributed by atoms with Gasteiger partial charge in [0, 0.05) is 12.0 Å². The van der Waals surface area contributed by atoms with Crippen LogP contribution in [0.3, 0.4) is 0 Å². The highest BCUT2D eigenvalue weighted by Gasteiger charge is 2.18. The fraction of sp³-hybridized carbons (Fsp3) is 0.250. The molecule has 2 heteroatoms. The Hall–Kier alpha value is -1.31. The summed E-state index contributed by atoms with van der Waals surface area (Å²) in [4.78, 5) is 0. The molecule has 1 nitrogen and oxygen atoms in total. The number of rotatable bonds is 1. The van der Waals surface area contributed by atoms with Crippen molar-refractivity contribution in [1.29, 1.82) is 0 Å². The molecule has 1 aliphatic rings. The van der Waals surface area contributed by atoms with Gasteiger partial charge >= 0.3 is 0 Å². The molecule has 0 spiro atoms. The van der Waals surface area contributed by atoms with Crippen molar-refractivity contribution in [2.45, 2.75) is 19.4 Å². The minimum atomic E-state index is 0. The molecule has 0 radical (unpaired) electrons. The van der Waals surface area contributed by atoms with E-state index in [1.165, 1.54) is 35.2 Å². The minimum Gasteiger partial charge on any atom is -1.00 e. The molecule has 0 saturated carbocycles. The molecule has 94 valence electrons. The summed E-state index contributed by atoms with van der Waals surface area (Å²) in [6, 6.07) is 18.2. The molecule has 0 fully saturated rings. The molecule has 0 aliphatic carbocycles. The normalized spacial score (nSPS) is 17.7. The SMILES string of the molecule is CC1[NH2+]CCc2cc(-c3ccccc3)ccc21.[Cl-]. The van der Waals surface area contributed by atoms with Crippen molar-refractivity contribution in [1.82, 2.24) is 0 Å². The molecule has 3 rings (SSSR count). The van der Waals surface area contributed by atoms with Gasteiger partial charge in [0.2, 0.25) is 0 Å². The lowest BCUT2D eigenvalue weighted by Crippen LogP contribution is -3.00. The summed E-state index contributed by atoms with van der Waals surface area (Å²) in [5.41, 5.74) is 5.70. The molecule has 1 aliphatic heterocycles. The second-order valence-electron chi connectivity index (χ2n) is 4.84. The molecule has 18 heavy (non-hydrogen) atoms. The fourth-order valence-electron chi connectivity index (χ4n) is 2.69. The Labute approximate surface area is 115 Å². The minimum absolute atomic E-state index is 0. The average molecular weight is 260 g/mol. The van der Waals surface area contributed by atoms with E-state index in [1.54, 1.807) is 0 Å². The fourth-order valence-corrected chi connectivity index (χ4v) is 2.69. The third-order valence-corrected chi connectivity index (χ3v) is 3.67. The molecule has 2 aromatic rings. The van der Waals surface area contributed by atoms with Gasteiger partial charge in [-0.3, -0.25) is 0 Å². The molecule has 0 aromatic heterocycles. The largest absolute Gasteiger partial charge is 1.00 e. The molecule has 1 heterocycles. The summed E-state index contributed by atoms with van der Waals surface area (Å²) in [7, 11) is 0. The maximum Gasteiger partial charge on any atom is 0.109 e. The van der Waals surface area contributed by atoms with Gasteiger partial charge in [0.05, 0.1) is 6.54 Å². The zero-order valence-corrected chi connectivity index (χ0v) is 11.3. The monoisotopic (exact) mass is 259 g/mol. The van der Waals surface area contributed by atoms with Crippen LogP contribution in [0.15, 0.2) is 48.5 Å². The van der Waals surface area contributed by atoms with Gasteiger partial charge in [-0.15, -0.1) is 0 Å². The van der Waals surface area contributed by atoms with Crippen molar-refractivity contribution in [3.63, 3.8) is 0 Å². The van der Waals surface area contributed by atoms with Gasteiger partial charge < -0.3 is 17.7 Å². The van der Waals surface area contributed by atoms with Crippen LogP contribution < -0.4 is 17.7 Å². The first-order valence-electron chi connectivity index (χ1n) is 6.36. The van der Waals surface area contributed by atoms with Gasteiger partial charge in [-0.1, -0.05) is 48.5 Å². The number of benzene rings is 2. The topological polar surface area (TPSA) is 16.6 Å². The van der Waals surface area contributed by atoms with E-state index in [0.29, 0.717) is 6.04 Å². The zero-order chi connectivity index (χ0) is 11.7. The Balaban J connectivity index is 0.00000120. The quantitative estimate of drug-likeness (QED) is 0.714. The van der Waals surface area contributed by atoms with Gasteiger partial charge in [0.1, 0.15) is 6.04 Å². The second kappa shape index (κ2) is 5.55. The molecule has 1 atom stereocenters. The summed E-state index contributed by atoms with van der Waals surface area (Å²) >= 11 is 0. The van der Waals surface area contributed by atoms with Crippen LogP contribution in [-0.2, 0) is 6.42 Å². The second-order valence-corrected chi connectivity index (χ2v) is 4.84. The van der Waals surface area contributed by atoms with Crippen molar-refractivity contribution < 1.29 is 17.7 Å². The molecule has 0 saturated heterocycles. The summed E-state index contributed by atoms with van der Waals surface area (Å²) in [6.45, 7) is 3.51. The van der Waals surface area contributed by atoms with Gasteiger partial charge in [0.25, 0.3) is 0 Å². The predicted molar refractivity (Wildman–Crippen MR) is 70.8 cm³/mol. The van der Waals surface area contributed by atoms with Crippen molar-refractivity contribution in [3.8, 4) is 11.1 Å². The smallest absolute Gasteiger partial charge is 0.109 e. The summed E-state index contributed by atoms with van der Waals surface area (Å²) in [6.07, 6.45) is 1.19. The number of quaternary nitrogens is 1. The average Bonchev–Trinajstić information content (AvgIpc) is 2.40. The Kier molecular flexibility index (Phi) is 4.05. The third kappa shape index (κ3) is 2.43.